The number of hydrogen-bond donors (Lipinski definition) is 2. The molecule has 0 saturated carbocycles. The zero-order chi connectivity index (χ0) is 24.2. The molecule has 1 amide bonds. The topological polar surface area (TPSA) is 138 Å². The highest BCUT2D eigenvalue weighted by atomic mass is 35.5. The lowest BCUT2D eigenvalue weighted by Crippen LogP contribution is -2.37. The summed E-state index contributed by atoms with van der Waals surface area (Å²) in [5.41, 5.74) is 1.04. The molecule has 0 aliphatic carbocycles. The van der Waals surface area contributed by atoms with Crippen molar-refractivity contribution in [3.05, 3.63) is 71.5 Å². The highest BCUT2D eigenvalue weighted by Gasteiger charge is 2.23. The number of nitrogens with one attached hydrogen (secondary N) is 2. The average molecular weight is 510 g/mol. The van der Waals surface area contributed by atoms with Crippen molar-refractivity contribution in [2.75, 3.05) is 27.1 Å². The molecular weight excluding hydrogens is 490 g/mol. The number of rotatable bonds is 8. The lowest BCUT2D eigenvalue weighted by atomic mass is 10.3. The molecule has 10 nitrogen and oxygen atoms in total. The van der Waals surface area contributed by atoms with Crippen molar-refractivity contribution in [2.24, 2.45) is 0 Å². The molecule has 0 aliphatic rings. The molecule has 1 heterocycles. The van der Waals surface area contributed by atoms with Crippen molar-refractivity contribution in [2.45, 2.75) is 11.8 Å². The zero-order valence-corrected chi connectivity index (χ0v) is 19.9. The first-order valence-corrected chi connectivity index (χ1v) is 13.1. The molecule has 0 bridgehead atoms. The summed E-state index contributed by atoms with van der Waals surface area (Å²) in [6.45, 7) is 1.18. The van der Waals surface area contributed by atoms with Gasteiger partial charge in [-0.3, -0.25) is 9.10 Å². The number of halogens is 1. The Morgan fingerprint density at radius 1 is 1.03 bits per heavy atom. The summed E-state index contributed by atoms with van der Waals surface area (Å²) >= 11 is 6.09. The lowest BCUT2D eigenvalue weighted by Gasteiger charge is -2.22. The molecule has 0 spiro atoms. The van der Waals surface area contributed by atoms with Gasteiger partial charge < -0.3 is 5.32 Å². The number of anilines is 3. The van der Waals surface area contributed by atoms with Crippen LogP contribution in [0.5, 0.6) is 0 Å². The molecule has 3 rings (SSSR count). The third kappa shape index (κ3) is 6.40. The summed E-state index contributed by atoms with van der Waals surface area (Å²) in [5.74, 6) is -0.699. The maximum atomic E-state index is 12.5. The first kappa shape index (κ1) is 24.4. The molecule has 1 aromatic heterocycles. The van der Waals surface area contributed by atoms with Gasteiger partial charge in [-0.25, -0.2) is 31.5 Å². The third-order valence-corrected chi connectivity index (χ3v) is 7.07. The van der Waals surface area contributed by atoms with E-state index in [0.29, 0.717) is 5.69 Å². The van der Waals surface area contributed by atoms with Crippen LogP contribution in [0.3, 0.4) is 0 Å². The van der Waals surface area contributed by atoms with Gasteiger partial charge in [0.25, 0.3) is 10.0 Å². The molecule has 0 radical (unpaired) electrons. The first-order chi connectivity index (χ1) is 15.5. The molecule has 0 unspecified atom stereocenters. The Hall–Kier alpha value is -3.22. The Bertz CT molecular complexity index is 1380. The second-order valence-corrected chi connectivity index (χ2v) is 10.9. The van der Waals surface area contributed by atoms with Gasteiger partial charge in [0.1, 0.15) is 6.54 Å². The fourth-order valence-corrected chi connectivity index (χ4v) is 4.87. The molecule has 33 heavy (non-hydrogen) atoms. The SMILES string of the molecule is Cc1ccnc(NS(=O)(=O)c2ccc(NC(=O)CN(c3ccccc3Cl)S(C)(=O)=O)cc2)n1. The Morgan fingerprint density at radius 2 is 1.70 bits per heavy atom. The van der Waals surface area contributed by atoms with Crippen LogP contribution < -0.4 is 14.3 Å². The number of hydrogen-bond acceptors (Lipinski definition) is 7. The number of sulfonamides is 2. The highest BCUT2D eigenvalue weighted by Crippen LogP contribution is 2.27. The number of benzene rings is 2. The number of carbonyl (C=O) groups excluding carboxylic acids is 1. The number of aromatic nitrogens is 2. The summed E-state index contributed by atoms with van der Waals surface area (Å²) in [4.78, 5) is 20.3. The molecule has 3 aromatic rings. The number of para-hydroxylation sites is 1. The molecule has 0 aliphatic heterocycles. The van der Waals surface area contributed by atoms with Crippen molar-refractivity contribution in [1.82, 2.24) is 9.97 Å². The van der Waals surface area contributed by atoms with E-state index in [9.17, 15) is 21.6 Å². The smallest absolute Gasteiger partial charge is 0.264 e. The maximum Gasteiger partial charge on any atom is 0.264 e. The highest BCUT2D eigenvalue weighted by molar-refractivity contribution is 7.92. The number of aryl methyl sites for hydroxylation is 1. The predicted molar refractivity (Wildman–Crippen MR) is 126 cm³/mol. The van der Waals surface area contributed by atoms with E-state index in [4.69, 9.17) is 11.6 Å². The van der Waals surface area contributed by atoms with Crippen LogP contribution >= 0.6 is 11.6 Å². The minimum atomic E-state index is -3.94. The monoisotopic (exact) mass is 509 g/mol. The fraction of sp³-hybridized carbons (Fsp3) is 0.150. The molecule has 0 saturated heterocycles. The van der Waals surface area contributed by atoms with E-state index in [1.165, 1.54) is 42.6 Å². The van der Waals surface area contributed by atoms with Crippen LogP contribution in [0.4, 0.5) is 17.3 Å². The maximum absolute atomic E-state index is 12.5. The number of amides is 1. The van der Waals surface area contributed by atoms with Crippen LogP contribution in [0.1, 0.15) is 5.69 Å². The van der Waals surface area contributed by atoms with Gasteiger partial charge in [0.05, 0.1) is 21.9 Å². The normalized spacial score (nSPS) is 11.6. The van der Waals surface area contributed by atoms with E-state index >= 15 is 0 Å². The van der Waals surface area contributed by atoms with Crippen molar-refractivity contribution >= 4 is 54.9 Å². The summed E-state index contributed by atoms with van der Waals surface area (Å²) < 4.78 is 52.6. The largest absolute Gasteiger partial charge is 0.325 e. The van der Waals surface area contributed by atoms with Gasteiger partial charge in [0.2, 0.25) is 21.9 Å². The third-order valence-electron chi connectivity index (χ3n) is 4.28. The minimum Gasteiger partial charge on any atom is -0.325 e. The quantitative estimate of drug-likeness (QED) is 0.476. The summed E-state index contributed by atoms with van der Waals surface area (Å²) in [6.07, 6.45) is 2.40. The molecule has 174 valence electrons. The standard InChI is InChI=1S/C20H20ClN5O5S2/c1-14-11-12-22-20(23-14)25-33(30,31)16-9-7-15(8-10-16)24-19(27)13-26(32(2,28)29)18-6-4-3-5-17(18)21/h3-12H,13H2,1-2H3,(H,24,27)(H,22,23,25). The minimum absolute atomic E-state index is 0.0622. The lowest BCUT2D eigenvalue weighted by molar-refractivity contribution is -0.114. The van der Waals surface area contributed by atoms with Gasteiger partial charge in [-0.1, -0.05) is 23.7 Å². The molecule has 2 aromatic carbocycles. The van der Waals surface area contributed by atoms with Gasteiger partial charge in [0, 0.05) is 17.6 Å². The first-order valence-electron chi connectivity index (χ1n) is 9.40. The molecule has 0 atom stereocenters. The molecule has 13 heteroatoms. The fourth-order valence-electron chi connectivity index (χ4n) is 2.76. The Morgan fingerprint density at radius 3 is 2.30 bits per heavy atom. The summed E-state index contributed by atoms with van der Waals surface area (Å²) in [6, 6.07) is 13.2. The Kier molecular flexibility index (Phi) is 7.20. The van der Waals surface area contributed by atoms with E-state index in [0.717, 1.165) is 10.6 Å². The van der Waals surface area contributed by atoms with Crippen LogP contribution in [-0.4, -0.2) is 45.5 Å². The molecule has 0 fully saturated rings. The van der Waals surface area contributed by atoms with Crippen LogP contribution in [0.25, 0.3) is 0 Å². The summed E-state index contributed by atoms with van der Waals surface area (Å²) in [7, 11) is -7.74. The van der Waals surface area contributed by atoms with Crippen LogP contribution in [0.2, 0.25) is 5.02 Å². The van der Waals surface area contributed by atoms with Gasteiger partial charge in [0.15, 0.2) is 0 Å². The van der Waals surface area contributed by atoms with Crippen LogP contribution in [0.15, 0.2) is 65.7 Å². The number of nitrogens with zero attached hydrogens (tertiary/aromatic N) is 3. The van der Waals surface area contributed by atoms with E-state index in [2.05, 4.69) is 20.0 Å². The van der Waals surface area contributed by atoms with Crippen molar-refractivity contribution in [1.29, 1.82) is 0 Å². The second kappa shape index (κ2) is 9.73. The van der Waals surface area contributed by atoms with E-state index < -0.39 is 32.5 Å². The zero-order valence-electron chi connectivity index (χ0n) is 17.6. The van der Waals surface area contributed by atoms with Crippen molar-refractivity contribution in [3.63, 3.8) is 0 Å². The van der Waals surface area contributed by atoms with Gasteiger partial charge in [-0.05, 0) is 49.4 Å². The van der Waals surface area contributed by atoms with Crippen molar-refractivity contribution in [3.8, 4) is 0 Å². The van der Waals surface area contributed by atoms with E-state index in [1.54, 1.807) is 25.1 Å². The Balaban J connectivity index is 1.72. The van der Waals surface area contributed by atoms with Gasteiger partial charge in [-0.2, -0.15) is 0 Å². The molecule has 2 N–H and O–H groups in total. The summed E-state index contributed by atoms with van der Waals surface area (Å²) in [5, 5.41) is 2.72. The van der Waals surface area contributed by atoms with E-state index in [-0.39, 0.29) is 27.2 Å². The predicted octanol–water partition coefficient (Wildman–Crippen LogP) is 2.64. The van der Waals surface area contributed by atoms with Gasteiger partial charge >= 0.3 is 0 Å². The molecular formula is C20H20ClN5O5S2. The van der Waals surface area contributed by atoms with Crippen LogP contribution in [-0.2, 0) is 24.8 Å². The van der Waals surface area contributed by atoms with E-state index in [1.807, 2.05) is 0 Å². The van der Waals surface area contributed by atoms with Crippen molar-refractivity contribution < 1.29 is 21.6 Å². The van der Waals surface area contributed by atoms with Crippen LogP contribution in [0, 0.1) is 6.92 Å². The second-order valence-electron chi connectivity index (χ2n) is 6.92. The van der Waals surface area contributed by atoms with Gasteiger partial charge in [-0.15, -0.1) is 0 Å². The Labute approximate surface area is 196 Å². The average Bonchev–Trinajstić information content (AvgIpc) is 2.72. The number of carbonyl (C=O) groups is 1.